The van der Waals surface area contributed by atoms with Gasteiger partial charge < -0.3 is 19.3 Å². The van der Waals surface area contributed by atoms with Gasteiger partial charge in [-0.1, -0.05) is 41.9 Å². The number of carboxylic acids is 1. The smallest absolute Gasteiger partial charge is 0.352 e. The van der Waals surface area contributed by atoms with Gasteiger partial charge in [-0.3, -0.25) is 0 Å². The number of nitrogens with zero attached hydrogens (tertiary/aromatic N) is 2. The summed E-state index contributed by atoms with van der Waals surface area (Å²) < 4.78 is 7.77. The SMILES string of the molecule is Cc1cccc(N(Cc2cccc(C)c2C)c2cc(C(=O)O)n(CCCOc3cc(C)c(Cl)c(C)c3)c2)c1. The first-order chi connectivity index (χ1) is 18.1. The Morgan fingerprint density at radius 1 is 0.921 bits per heavy atom. The van der Waals surface area contributed by atoms with Crippen molar-refractivity contribution in [2.75, 3.05) is 11.5 Å². The van der Waals surface area contributed by atoms with E-state index < -0.39 is 5.97 Å². The summed E-state index contributed by atoms with van der Waals surface area (Å²) in [5.41, 5.74) is 8.92. The summed E-state index contributed by atoms with van der Waals surface area (Å²) >= 11 is 6.27. The van der Waals surface area contributed by atoms with Gasteiger partial charge in [0.25, 0.3) is 0 Å². The van der Waals surface area contributed by atoms with Gasteiger partial charge in [-0.25, -0.2) is 4.79 Å². The Morgan fingerprint density at radius 3 is 2.32 bits per heavy atom. The molecular weight excluding hydrogens is 496 g/mol. The highest BCUT2D eigenvalue weighted by Gasteiger charge is 2.19. The van der Waals surface area contributed by atoms with E-state index >= 15 is 0 Å². The van der Waals surface area contributed by atoms with Crippen LogP contribution in [-0.4, -0.2) is 22.2 Å². The Kier molecular flexibility index (Phi) is 8.48. The molecule has 5 nitrogen and oxygen atoms in total. The van der Waals surface area contributed by atoms with Crippen LogP contribution in [0.5, 0.6) is 5.75 Å². The second kappa shape index (κ2) is 11.8. The van der Waals surface area contributed by atoms with E-state index in [0.717, 1.165) is 38.8 Å². The van der Waals surface area contributed by atoms with Crippen molar-refractivity contribution in [1.29, 1.82) is 0 Å². The Labute approximate surface area is 230 Å². The van der Waals surface area contributed by atoms with Gasteiger partial charge in [-0.2, -0.15) is 0 Å². The zero-order chi connectivity index (χ0) is 27.4. The summed E-state index contributed by atoms with van der Waals surface area (Å²) in [6.45, 7) is 11.9. The highest BCUT2D eigenvalue weighted by Crippen LogP contribution is 2.32. The number of hydrogen-bond acceptors (Lipinski definition) is 3. The number of aromatic carboxylic acids is 1. The molecule has 1 heterocycles. The van der Waals surface area contributed by atoms with E-state index in [0.29, 0.717) is 26.1 Å². The van der Waals surface area contributed by atoms with Gasteiger partial charge >= 0.3 is 5.97 Å². The minimum absolute atomic E-state index is 0.261. The maximum absolute atomic E-state index is 12.2. The zero-order valence-corrected chi connectivity index (χ0v) is 23.5. The first-order valence-corrected chi connectivity index (χ1v) is 13.2. The molecule has 3 aromatic carbocycles. The van der Waals surface area contributed by atoms with Crippen molar-refractivity contribution < 1.29 is 14.6 Å². The minimum atomic E-state index is -0.947. The van der Waals surface area contributed by atoms with Crippen molar-refractivity contribution in [3.63, 3.8) is 0 Å². The number of benzene rings is 3. The molecule has 0 radical (unpaired) electrons. The standard InChI is InChI=1S/C32H35ClN2O3/c1-21-9-6-12-27(15-21)35(19-26-11-7-10-22(2)25(26)5)28-18-30(32(36)37)34(20-28)13-8-14-38-29-16-23(3)31(33)24(4)17-29/h6-7,9-12,15-18,20H,8,13-14,19H2,1-5H3,(H,36,37). The molecule has 198 valence electrons. The number of halogens is 1. The zero-order valence-electron chi connectivity index (χ0n) is 22.7. The molecule has 0 aliphatic heterocycles. The van der Waals surface area contributed by atoms with Crippen LogP contribution in [0.1, 0.15) is 50.3 Å². The van der Waals surface area contributed by atoms with Crippen molar-refractivity contribution in [3.8, 4) is 5.75 Å². The molecule has 0 saturated heterocycles. The molecule has 1 N–H and O–H groups in total. The highest BCUT2D eigenvalue weighted by molar-refractivity contribution is 6.32. The van der Waals surface area contributed by atoms with Gasteiger partial charge in [0.1, 0.15) is 11.4 Å². The van der Waals surface area contributed by atoms with Crippen LogP contribution < -0.4 is 9.64 Å². The van der Waals surface area contributed by atoms with E-state index in [1.54, 1.807) is 6.07 Å². The fourth-order valence-corrected chi connectivity index (χ4v) is 4.81. The Morgan fingerprint density at radius 2 is 1.63 bits per heavy atom. The van der Waals surface area contributed by atoms with Gasteiger partial charge in [0.2, 0.25) is 0 Å². The number of aromatic nitrogens is 1. The summed E-state index contributed by atoms with van der Waals surface area (Å²) in [6, 6.07) is 20.3. The van der Waals surface area contributed by atoms with Crippen LogP contribution in [0.2, 0.25) is 5.02 Å². The van der Waals surface area contributed by atoms with Crippen molar-refractivity contribution in [3.05, 3.63) is 111 Å². The average Bonchev–Trinajstić information content (AvgIpc) is 3.30. The Bertz CT molecular complexity index is 1430. The average molecular weight is 531 g/mol. The first kappa shape index (κ1) is 27.3. The lowest BCUT2D eigenvalue weighted by Crippen LogP contribution is -2.17. The fourth-order valence-electron chi connectivity index (χ4n) is 4.70. The third-order valence-electron chi connectivity index (χ3n) is 6.99. The normalized spacial score (nSPS) is 11.0. The van der Waals surface area contributed by atoms with Gasteiger partial charge in [0, 0.05) is 30.0 Å². The van der Waals surface area contributed by atoms with E-state index in [2.05, 4.69) is 62.1 Å². The Balaban J connectivity index is 1.58. The lowest BCUT2D eigenvalue weighted by molar-refractivity contribution is 0.0684. The number of aryl methyl sites for hydroxylation is 5. The molecular formula is C32H35ClN2O3. The van der Waals surface area contributed by atoms with E-state index in [1.807, 2.05) is 42.8 Å². The van der Waals surface area contributed by atoms with Crippen molar-refractivity contribution in [2.24, 2.45) is 0 Å². The largest absolute Gasteiger partial charge is 0.494 e. The second-order valence-corrected chi connectivity index (χ2v) is 10.3. The van der Waals surface area contributed by atoms with Crippen LogP contribution >= 0.6 is 11.6 Å². The molecule has 0 amide bonds. The monoisotopic (exact) mass is 530 g/mol. The van der Waals surface area contributed by atoms with Gasteiger partial charge in [-0.15, -0.1) is 0 Å². The van der Waals surface area contributed by atoms with Crippen LogP contribution in [0, 0.1) is 34.6 Å². The maximum Gasteiger partial charge on any atom is 0.352 e. The third-order valence-corrected chi connectivity index (χ3v) is 7.59. The number of carbonyl (C=O) groups is 1. The fraction of sp³-hybridized carbons (Fsp3) is 0.281. The summed E-state index contributed by atoms with van der Waals surface area (Å²) in [4.78, 5) is 14.4. The van der Waals surface area contributed by atoms with Crippen molar-refractivity contribution >= 4 is 28.9 Å². The molecule has 38 heavy (non-hydrogen) atoms. The van der Waals surface area contributed by atoms with E-state index in [-0.39, 0.29) is 5.69 Å². The third kappa shape index (κ3) is 6.22. The highest BCUT2D eigenvalue weighted by atomic mass is 35.5. The quantitative estimate of drug-likeness (QED) is 0.210. The number of ether oxygens (including phenoxy) is 1. The van der Waals surface area contributed by atoms with E-state index in [4.69, 9.17) is 16.3 Å². The number of rotatable bonds is 10. The lowest BCUT2D eigenvalue weighted by atomic mass is 10.0. The molecule has 4 rings (SSSR count). The molecule has 0 aliphatic rings. The lowest BCUT2D eigenvalue weighted by Gasteiger charge is -2.25. The summed E-state index contributed by atoms with van der Waals surface area (Å²) in [5.74, 6) is -0.174. The molecule has 0 saturated carbocycles. The molecule has 4 aromatic rings. The predicted octanol–water partition coefficient (Wildman–Crippen LogP) is 8.19. The molecule has 6 heteroatoms. The van der Waals surface area contributed by atoms with Gasteiger partial charge in [-0.05, 0) is 105 Å². The van der Waals surface area contributed by atoms with E-state index in [9.17, 15) is 9.90 Å². The maximum atomic E-state index is 12.2. The van der Waals surface area contributed by atoms with Crippen molar-refractivity contribution in [2.45, 2.75) is 54.1 Å². The van der Waals surface area contributed by atoms with Crippen LogP contribution in [-0.2, 0) is 13.1 Å². The molecule has 0 fully saturated rings. The second-order valence-electron chi connectivity index (χ2n) is 9.94. The number of hydrogen-bond donors (Lipinski definition) is 1. The topological polar surface area (TPSA) is 54.7 Å². The summed E-state index contributed by atoms with van der Waals surface area (Å²) in [7, 11) is 0. The predicted molar refractivity (Wildman–Crippen MR) is 155 cm³/mol. The summed E-state index contributed by atoms with van der Waals surface area (Å²) in [6.07, 6.45) is 2.60. The van der Waals surface area contributed by atoms with Crippen LogP contribution in [0.3, 0.4) is 0 Å². The van der Waals surface area contributed by atoms with Crippen LogP contribution in [0.25, 0.3) is 0 Å². The van der Waals surface area contributed by atoms with Gasteiger partial charge in [0.05, 0.1) is 12.3 Å². The molecule has 0 unspecified atom stereocenters. The number of carboxylic acid groups (broad SMARTS) is 1. The minimum Gasteiger partial charge on any atom is -0.494 e. The van der Waals surface area contributed by atoms with Crippen LogP contribution in [0.15, 0.2) is 66.9 Å². The molecule has 0 atom stereocenters. The molecule has 1 aromatic heterocycles. The summed E-state index contributed by atoms with van der Waals surface area (Å²) in [5, 5.41) is 10.7. The molecule has 0 bridgehead atoms. The first-order valence-electron chi connectivity index (χ1n) is 12.9. The van der Waals surface area contributed by atoms with Gasteiger partial charge in [0.15, 0.2) is 0 Å². The molecule has 0 spiro atoms. The van der Waals surface area contributed by atoms with E-state index in [1.165, 1.54) is 16.7 Å². The van der Waals surface area contributed by atoms with Crippen LogP contribution in [0.4, 0.5) is 11.4 Å². The Hall–Kier alpha value is -3.70. The van der Waals surface area contributed by atoms with Crippen molar-refractivity contribution in [1.82, 2.24) is 4.57 Å². The molecule has 0 aliphatic carbocycles. The number of anilines is 2.